The maximum absolute atomic E-state index is 12.4. The zero-order valence-electron chi connectivity index (χ0n) is 18.2. The monoisotopic (exact) mass is 482 g/mol. The Morgan fingerprint density at radius 2 is 1.91 bits per heavy atom. The van der Waals surface area contributed by atoms with E-state index in [1.165, 1.54) is 0 Å². The molecule has 1 spiro atoms. The fraction of sp³-hybridized carbons (Fsp3) is 0.333. The summed E-state index contributed by atoms with van der Waals surface area (Å²) in [5, 5.41) is 0.771. The zero-order chi connectivity index (χ0) is 23.3. The summed E-state index contributed by atoms with van der Waals surface area (Å²) < 4.78 is 0. The van der Waals surface area contributed by atoms with Gasteiger partial charge < -0.3 is 16.4 Å². The summed E-state index contributed by atoms with van der Waals surface area (Å²) in [6.07, 6.45) is 4.43. The lowest BCUT2D eigenvalue weighted by Crippen LogP contribution is -2.45. The molecule has 1 aromatic carbocycles. The summed E-state index contributed by atoms with van der Waals surface area (Å²) >= 11 is 12.6. The van der Waals surface area contributed by atoms with Crippen LogP contribution in [0.5, 0.6) is 0 Å². The average molecular weight is 483 g/mol. The molecular weight excluding hydrogens is 459 g/mol. The lowest BCUT2D eigenvalue weighted by molar-refractivity contribution is 0.0995. The molecule has 0 bridgehead atoms. The Balaban J connectivity index is 1.46. The maximum atomic E-state index is 12.4. The van der Waals surface area contributed by atoms with Crippen molar-refractivity contribution in [1.82, 2.24) is 15.0 Å². The van der Waals surface area contributed by atoms with Gasteiger partial charge >= 0.3 is 0 Å². The number of benzene rings is 1. The second kappa shape index (κ2) is 8.24. The summed E-state index contributed by atoms with van der Waals surface area (Å²) in [6.45, 7) is 3.25. The summed E-state index contributed by atoms with van der Waals surface area (Å²) in [5.74, 6) is -0.134. The molecule has 9 heteroatoms. The van der Waals surface area contributed by atoms with Gasteiger partial charge in [0, 0.05) is 36.6 Å². The minimum Gasteiger partial charge on any atom is -0.364 e. The Bertz CT molecular complexity index is 1260. The van der Waals surface area contributed by atoms with Crippen molar-refractivity contribution in [2.45, 2.75) is 32.2 Å². The molecule has 2 aromatic heterocycles. The SMILES string of the molecule is Cc1nc(N2CCC3(CC2)Cc2ncccc2[C@H]3N)c(C(N)=O)nc1-c1cccc(Cl)c1Cl. The van der Waals surface area contributed by atoms with Crippen molar-refractivity contribution in [2.75, 3.05) is 18.0 Å². The van der Waals surface area contributed by atoms with E-state index >= 15 is 0 Å². The van der Waals surface area contributed by atoms with Crippen LogP contribution in [0.2, 0.25) is 10.0 Å². The third-order valence-electron chi connectivity index (χ3n) is 6.99. The first-order valence-electron chi connectivity index (χ1n) is 10.9. The molecule has 0 radical (unpaired) electrons. The molecule has 2 aliphatic rings. The molecule has 0 unspecified atom stereocenters. The largest absolute Gasteiger partial charge is 0.364 e. The molecule has 1 amide bonds. The predicted octanol–water partition coefficient (Wildman–Crippen LogP) is 4.10. The molecule has 7 nitrogen and oxygen atoms in total. The molecular formula is C24H24Cl2N6O. The number of piperidine rings is 1. The van der Waals surface area contributed by atoms with Crippen molar-refractivity contribution < 1.29 is 4.79 Å². The highest BCUT2D eigenvalue weighted by Gasteiger charge is 2.47. The minimum absolute atomic E-state index is 0.0310. The number of fused-ring (bicyclic) bond motifs is 1. The van der Waals surface area contributed by atoms with Gasteiger partial charge in [0.25, 0.3) is 5.91 Å². The maximum Gasteiger partial charge on any atom is 0.271 e. The first-order valence-corrected chi connectivity index (χ1v) is 11.6. The van der Waals surface area contributed by atoms with Crippen LogP contribution in [0.3, 0.4) is 0 Å². The Morgan fingerprint density at radius 1 is 1.15 bits per heavy atom. The van der Waals surface area contributed by atoms with Gasteiger partial charge in [0.1, 0.15) is 0 Å². The number of aryl methyl sites for hydroxylation is 1. The highest BCUT2D eigenvalue weighted by Crippen LogP contribution is 2.50. The number of hydrogen-bond acceptors (Lipinski definition) is 6. The third kappa shape index (κ3) is 3.64. The molecule has 170 valence electrons. The van der Waals surface area contributed by atoms with Crippen LogP contribution < -0.4 is 16.4 Å². The Morgan fingerprint density at radius 3 is 2.61 bits per heavy atom. The van der Waals surface area contributed by atoms with Crippen LogP contribution in [0, 0.1) is 12.3 Å². The van der Waals surface area contributed by atoms with Crippen LogP contribution in [-0.2, 0) is 6.42 Å². The number of pyridine rings is 1. The van der Waals surface area contributed by atoms with Crippen molar-refractivity contribution in [1.29, 1.82) is 0 Å². The number of aromatic nitrogens is 3. The van der Waals surface area contributed by atoms with E-state index < -0.39 is 5.91 Å². The second-order valence-electron chi connectivity index (χ2n) is 8.84. The van der Waals surface area contributed by atoms with E-state index in [0.717, 1.165) is 30.5 Å². The smallest absolute Gasteiger partial charge is 0.271 e. The molecule has 1 fully saturated rings. The van der Waals surface area contributed by atoms with E-state index in [1.54, 1.807) is 18.2 Å². The Labute approximate surface area is 202 Å². The van der Waals surface area contributed by atoms with Crippen LogP contribution in [0.15, 0.2) is 36.5 Å². The first-order chi connectivity index (χ1) is 15.8. The number of primary amides is 1. The molecule has 4 N–H and O–H groups in total. The van der Waals surface area contributed by atoms with Crippen molar-refractivity contribution in [3.8, 4) is 11.3 Å². The van der Waals surface area contributed by atoms with Crippen molar-refractivity contribution in [2.24, 2.45) is 16.9 Å². The van der Waals surface area contributed by atoms with Gasteiger partial charge in [-0.15, -0.1) is 0 Å². The fourth-order valence-electron chi connectivity index (χ4n) is 5.14. The average Bonchev–Trinajstić information content (AvgIpc) is 3.07. The van der Waals surface area contributed by atoms with E-state index in [2.05, 4.69) is 20.9 Å². The Kier molecular flexibility index (Phi) is 5.51. The van der Waals surface area contributed by atoms with Crippen LogP contribution in [0.1, 0.15) is 46.3 Å². The normalized spacial score (nSPS) is 19.0. The fourth-order valence-corrected chi connectivity index (χ4v) is 5.53. The number of nitrogens with zero attached hydrogens (tertiary/aromatic N) is 4. The number of halogens is 2. The van der Waals surface area contributed by atoms with Crippen molar-refractivity contribution >= 4 is 34.9 Å². The lowest BCUT2D eigenvalue weighted by Gasteiger charge is -2.42. The molecule has 3 aromatic rings. The van der Waals surface area contributed by atoms with Gasteiger partial charge in [-0.3, -0.25) is 9.78 Å². The van der Waals surface area contributed by atoms with E-state index in [0.29, 0.717) is 45.9 Å². The summed E-state index contributed by atoms with van der Waals surface area (Å²) in [5.41, 5.74) is 16.5. The predicted molar refractivity (Wildman–Crippen MR) is 129 cm³/mol. The van der Waals surface area contributed by atoms with Gasteiger partial charge in [0.15, 0.2) is 11.5 Å². The van der Waals surface area contributed by atoms with E-state index in [1.807, 2.05) is 19.2 Å². The number of amides is 1. The van der Waals surface area contributed by atoms with Gasteiger partial charge in [-0.2, -0.15) is 0 Å². The summed E-state index contributed by atoms with van der Waals surface area (Å²) in [7, 11) is 0. The molecule has 1 saturated heterocycles. The van der Waals surface area contributed by atoms with Gasteiger partial charge in [-0.25, -0.2) is 9.97 Å². The topological polar surface area (TPSA) is 111 Å². The lowest BCUT2D eigenvalue weighted by atomic mass is 9.73. The zero-order valence-corrected chi connectivity index (χ0v) is 19.7. The van der Waals surface area contributed by atoms with E-state index in [-0.39, 0.29) is 17.2 Å². The van der Waals surface area contributed by atoms with Gasteiger partial charge in [-0.1, -0.05) is 41.4 Å². The van der Waals surface area contributed by atoms with Gasteiger partial charge in [0.05, 0.1) is 21.4 Å². The van der Waals surface area contributed by atoms with Crippen LogP contribution in [-0.4, -0.2) is 33.9 Å². The first kappa shape index (κ1) is 22.1. The van der Waals surface area contributed by atoms with Gasteiger partial charge in [-0.05, 0) is 49.3 Å². The molecule has 0 saturated carbocycles. The van der Waals surface area contributed by atoms with Crippen molar-refractivity contribution in [3.05, 3.63) is 69.2 Å². The number of nitrogens with two attached hydrogens (primary N) is 2. The summed E-state index contributed by atoms with van der Waals surface area (Å²) in [6, 6.07) is 9.26. The van der Waals surface area contributed by atoms with Crippen LogP contribution in [0.25, 0.3) is 11.3 Å². The minimum atomic E-state index is -0.633. The van der Waals surface area contributed by atoms with Crippen LogP contribution >= 0.6 is 23.2 Å². The molecule has 1 aliphatic heterocycles. The molecule has 1 aliphatic carbocycles. The van der Waals surface area contributed by atoms with E-state index in [9.17, 15) is 4.79 Å². The number of carbonyl (C=O) groups is 1. The second-order valence-corrected chi connectivity index (χ2v) is 9.62. The third-order valence-corrected chi connectivity index (χ3v) is 7.81. The Hall–Kier alpha value is -2.74. The summed E-state index contributed by atoms with van der Waals surface area (Å²) in [4.78, 5) is 28.3. The van der Waals surface area contributed by atoms with Gasteiger partial charge in [0.2, 0.25) is 0 Å². The molecule has 33 heavy (non-hydrogen) atoms. The van der Waals surface area contributed by atoms with Crippen molar-refractivity contribution in [3.63, 3.8) is 0 Å². The molecule has 5 rings (SSSR count). The van der Waals surface area contributed by atoms with Crippen LogP contribution in [0.4, 0.5) is 5.82 Å². The number of hydrogen-bond donors (Lipinski definition) is 2. The standard InChI is InChI=1S/C24H24Cl2N6O/c1-13-19(15-4-2-6-16(25)18(15)26)31-20(22(28)33)23(30-13)32-10-7-24(8-11-32)12-17-14(21(24)27)5-3-9-29-17/h2-6,9,21H,7-8,10-12,27H2,1H3,(H2,28,33)/t21-/m1/s1. The highest BCUT2D eigenvalue weighted by molar-refractivity contribution is 6.43. The molecule has 1 atom stereocenters. The van der Waals surface area contributed by atoms with E-state index in [4.69, 9.17) is 39.7 Å². The number of rotatable bonds is 3. The molecule has 3 heterocycles. The number of anilines is 1. The quantitative estimate of drug-likeness (QED) is 0.581. The number of carbonyl (C=O) groups excluding carboxylic acids is 1. The highest BCUT2D eigenvalue weighted by atomic mass is 35.5.